The number of aromatic nitrogens is 2. The lowest BCUT2D eigenvalue weighted by Gasteiger charge is -1.95. The summed E-state index contributed by atoms with van der Waals surface area (Å²) in [6.07, 6.45) is 8.26. The predicted molar refractivity (Wildman–Crippen MR) is 87.1 cm³/mol. The van der Waals surface area contributed by atoms with E-state index in [9.17, 15) is 0 Å². The van der Waals surface area contributed by atoms with E-state index in [4.69, 9.17) is 10.2 Å². The van der Waals surface area contributed by atoms with Gasteiger partial charge in [-0.25, -0.2) is 0 Å². The van der Waals surface area contributed by atoms with Crippen molar-refractivity contribution in [2.24, 2.45) is 5.73 Å². The normalized spacial score (nSPS) is 11.3. The number of hydrogen-bond donors (Lipinski definition) is 1. The molecule has 0 spiro atoms. The van der Waals surface area contributed by atoms with Crippen LogP contribution in [0.25, 0.3) is 6.08 Å². The lowest BCUT2D eigenvalue weighted by molar-refractivity contribution is 0.407. The molecule has 4 nitrogen and oxygen atoms in total. The zero-order valence-corrected chi connectivity index (χ0v) is 12.9. The van der Waals surface area contributed by atoms with Crippen molar-refractivity contribution in [1.29, 1.82) is 0 Å². The van der Waals surface area contributed by atoms with Crippen LogP contribution >= 0.6 is 11.8 Å². The number of aryl methyl sites for hydroxylation is 1. The van der Waals surface area contributed by atoms with Gasteiger partial charge in [-0.3, -0.25) is 0 Å². The Morgan fingerprint density at radius 1 is 1.10 bits per heavy atom. The standard InChI is InChI=1S/C16H21N3OS/c17-12-6-2-5-11-15-18-19-16(20-15)21-13-7-10-14-8-3-1-4-9-14/h1,3-4,7-10H,2,5-6,11-13,17H2. The fraction of sp³-hybridized carbons (Fsp3) is 0.375. The molecule has 0 radical (unpaired) electrons. The van der Waals surface area contributed by atoms with E-state index in [2.05, 4.69) is 34.5 Å². The summed E-state index contributed by atoms with van der Waals surface area (Å²) in [4.78, 5) is 0. The number of rotatable bonds is 9. The maximum absolute atomic E-state index is 5.59. The second-order valence-electron chi connectivity index (χ2n) is 4.69. The molecule has 1 heterocycles. The van der Waals surface area contributed by atoms with Crippen LogP contribution in [0.4, 0.5) is 0 Å². The molecule has 0 unspecified atom stereocenters. The van der Waals surface area contributed by atoms with Crippen LogP contribution in [0, 0.1) is 0 Å². The summed E-state index contributed by atoms with van der Waals surface area (Å²) in [6.45, 7) is 0.749. The highest BCUT2D eigenvalue weighted by Gasteiger charge is 2.05. The second kappa shape index (κ2) is 9.37. The highest BCUT2D eigenvalue weighted by Crippen LogP contribution is 2.17. The Labute approximate surface area is 129 Å². The Kier molecular flexibility index (Phi) is 7.04. The third-order valence-electron chi connectivity index (χ3n) is 2.96. The first-order chi connectivity index (χ1) is 10.4. The van der Waals surface area contributed by atoms with Gasteiger partial charge in [0.25, 0.3) is 5.22 Å². The number of nitrogens with two attached hydrogens (primary N) is 1. The first-order valence-electron chi connectivity index (χ1n) is 7.25. The van der Waals surface area contributed by atoms with Gasteiger partial charge in [0.15, 0.2) is 0 Å². The molecule has 0 aliphatic carbocycles. The fourth-order valence-electron chi connectivity index (χ4n) is 1.86. The fourth-order valence-corrected chi connectivity index (χ4v) is 2.45. The first kappa shape index (κ1) is 15.8. The molecule has 21 heavy (non-hydrogen) atoms. The molecular weight excluding hydrogens is 282 g/mol. The van der Waals surface area contributed by atoms with E-state index >= 15 is 0 Å². The minimum Gasteiger partial charge on any atom is -0.416 e. The Bertz CT molecular complexity index is 539. The largest absolute Gasteiger partial charge is 0.416 e. The van der Waals surface area contributed by atoms with E-state index in [1.54, 1.807) is 11.8 Å². The van der Waals surface area contributed by atoms with E-state index in [1.807, 2.05) is 18.2 Å². The van der Waals surface area contributed by atoms with Crippen molar-refractivity contribution in [3.63, 3.8) is 0 Å². The van der Waals surface area contributed by atoms with E-state index < -0.39 is 0 Å². The minimum absolute atomic E-state index is 0.640. The molecule has 0 saturated carbocycles. The molecule has 1 aromatic heterocycles. The first-order valence-corrected chi connectivity index (χ1v) is 8.24. The summed E-state index contributed by atoms with van der Waals surface area (Å²) in [5.41, 5.74) is 6.66. The summed E-state index contributed by atoms with van der Waals surface area (Å²) in [5.74, 6) is 1.55. The van der Waals surface area contributed by atoms with Crippen molar-refractivity contribution in [3.05, 3.63) is 47.9 Å². The molecule has 112 valence electrons. The third-order valence-corrected chi connectivity index (χ3v) is 3.73. The summed E-state index contributed by atoms with van der Waals surface area (Å²) in [5, 5.41) is 8.75. The highest BCUT2D eigenvalue weighted by molar-refractivity contribution is 7.99. The molecule has 2 aromatic rings. The summed E-state index contributed by atoms with van der Waals surface area (Å²) in [6, 6.07) is 10.2. The van der Waals surface area contributed by atoms with Gasteiger partial charge in [0.05, 0.1) is 0 Å². The van der Waals surface area contributed by atoms with Gasteiger partial charge < -0.3 is 10.2 Å². The molecule has 0 aliphatic rings. The van der Waals surface area contributed by atoms with Crippen LogP contribution in [-0.2, 0) is 6.42 Å². The number of benzene rings is 1. The molecule has 0 atom stereocenters. The van der Waals surface area contributed by atoms with Gasteiger partial charge in [0, 0.05) is 12.2 Å². The highest BCUT2D eigenvalue weighted by atomic mass is 32.2. The lowest BCUT2D eigenvalue weighted by Crippen LogP contribution is -1.98. The molecule has 0 amide bonds. The summed E-state index contributed by atoms with van der Waals surface area (Å²) >= 11 is 1.56. The molecule has 5 heteroatoms. The van der Waals surface area contributed by atoms with Crippen LogP contribution in [0.3, 0.4) is 0 Å². The Balaban J connectivity index is 1.69. The van der Waals surface area contributed by atoms with Crippen molar-refractivity contribution >= 4 is 17.8 Å². The monoisotopic (exact) mass is 303 g/mol. The van der Waals surface area contributed by atoms with E-state index in [-0.39, 0.29) is 0 Å². The van der Waals surface area contributed by atoms with Gasteiger partial charge in [0.2, 0.25) is 5.89 Å². The van der Waals surface area contributed by atoms with Gasteiger partial charge in [-0.05, 0) is 24.9 Å². The second-order valence-corrected chi connectivity index (χ2v) is 5.66. The van der Waals surface area contributed by atoms with Crippen molar-refractivity contribution in [1.82, 2.24) is 10.2 Å². The average Bonchev–Trinajstić information content (AvgIpc) is 2.97. The van der Waals surface area contributed by atoms with Crippen LogP contribution in [0.5, 0.6) is 0 Å². The van der Waals surface area contributed by atoms with Crippen LogP contribution in [-0.4, -0.2) is 22.5 Å². The third kappa shape index (κ3) is 6.14. The Morgan fingerprint density at radius 2 is 1.95 bits per heavy atom. The van der Waals surface area contributed by atoms with Gasteiger partial charge in [-0.15, -0.1) is 10.2 Å². The van der Waals surface area contributed by atoms with Gasteiger partial charge in [0.1, 0.15) is 0 Å². The molecule has 2 N–H and O–H groups in total. The smallest absolute Gasteiger partial charge is 0.276 e. The topological polar surface area (TPSA) is 64.9 Å². The van der Waals surface area contributed by atoms with Gasteiger partial charge in [-0.2, -0.15) is 0 Å². The maximum Gasteiger partial charge on any atom is 0.276 e. The predicted octanol–water partition coefficient (Wildman–Crippen LogP) is 3.55. The Morgan fingerprint density at radius 3 is 2.76 bits per heavy atom. The molecule has 0 aliphatic heterocycles. The van der Waals surface area contributed by atoms with Gasteiger partial charge in [-0.1, -0.05) is 60.7 Å². The minimum atomic E-state index is 0.640. The molecule has 2 rings (SSSR count). The zero-order valence-electron chi connectivity index (χ0n) is 12.1. The van der Waals surface area contributed by atoms with Crippen molar-refractivity contribution in [2.45, 2.75) is 30.9 Å². The SMILES string of the molecule is NCCCCCc1nnc(SCC=Cc2ccccc2)o1. The number of thioether (sulfide) groups is 1. The maximum atomic E-state index is 5.59. The van der Waals surface area contributed by atoms with Crippen LogP contribution in [0.1, 0.15) is 30.7 Å². The zero-order chi connectivity index (χ0) is 14.8. The van der Waals surface area contributed by atoms with Crippen molar-refractivity contribution in [2.75, 3.05) is 12.3 Å². The Hall–Kier alpha value is -1.59. The van der Waals surface area contributed by atoms with Crippen LogP contribution < -0.4 is 5.73 Å². The number of unbranched alkanes of at least 4 members (excludes halogenated alkanes) is 2. The van der Waals surface area contributed by atoms with E-state index in [0.29, 0.717) is 5.22 Å². The number of nitrogens with zero attached hydrogens (tertiary/aromatic N) is 2. The van der Waals surface area contributed by atoms with Crippen LogP contribution in [0.2, 0.25) is 0 Å². The van der Waals surface area contributed by atoms with E-state index in [1.165, 1.54) is 5.56 Å². The van der Waals surface area contributed by atoms with Crippen molar-refractivity contribution in [3.8, 4) is 0 Å². The van der Waals surface area contributed by atoms with Crippen molar-refractivity contribution < 1.29 is 4.42 Å². The average molecular weight is 303 g/mol. The quantitative estimate of drug-likeness (QED) is 0.567. The van der Waals surface area contributed by atoms with E-state index in [0.717, 1.165) is 43.9 Å². The summed E-state index contributed by atoms with van der Waals surface area (Å²) < 4.78 is 5.59. The molecule has 1 aromatic carbocycles. The number of hydrogen-bond acceptors (Lipinski definition) is 5. The molecular formula is C16H21N3OS. The summed E-state index contributed by atoms with van der Waals surface area (Å²) in [7, 11) is 0. The lowest BCUT2D eigenvalue weighted by atomic mass is 10.2. The van der Waals surface area contributed by atoms with Gasteiger partial charge >= 0.3 is 0 Å². The molecule has 0 fully saturated rings. The molecule has 0 saturated heterocycles. The molecule has 0 bridgehead atoms. The van der Waals surface area contributed by atoms with Crippen LogP contribution in [0.15, 0.2) is 46.0 Å².